The summed E-state index contributed by atoms with van der Waals surface area (Å²) in [4.78, 5) is 0. The second kappa shape index (κ2) is 8.55. The van der Waals surface area contributed by atoms with Crippen LogP contribution in [0, 0.1) is 6.92 Å². The Morgan fingerprint density at radius 2 is 1.77 bits per heavy atom. The predicted octanol–water partition coefficient (Wildman–Crippen LogP) is 5.83. The van der Waals surface area contributed by atoms with E-state index in [2.05, 4.69) is 9.84 Å². The van der Waals surface area contributed by atoms with Crippen molar-refractivity contribution in [1.82, 2.24) is 9.78 Å². The maximum Gasteiger partial charge on any atom is 0.573 e. The predicted molar refractivity (Wildman–Crippen MR) is 110 cm³/mol. The summed E-state index contributed by atoms with van der Waals surface area (Å²) < 4.78 is 56.8. The van der Waals surface area contributed by atoms with Gasteiger partial charge in [-0.2, -0.15) is 5.10 Å². The third-order valence-electron chi connectivity index (χ3n) is 4.60. The maximum absolute atomic E-state index is 14.6. The Morgan fingerprint density at radius 1 is 1.10 bits per heavy atom. The van der Waals surface area contributed by atoms with Crippen LogP contribution in [0.15, 0.2) is 54.6 Å². The van der Waals surface area contributed by atoms with Gasteiger partial charge in [-0.15, -0.1) is 13.2 Å². The van der Waals surface area contributed by atoms with Gasteiger partial charge in [0.15, 0.2) is 0 Å². The van der Waals surface area contributed by atoms with E-state index >= 15 is 0 Å². The molecule has 1 heterocycles. The zero-order valence-electron chi connectivity index (χ0n) is 17.2. The molecule has 0 saturated carbocycles. The van der Waals surface area contributed by atoms with Crippen LogP contribution in [0.5, 0.6) is 5.75 Å². The molecule has 0 fully saturated rings. The van der Waals surface area contributed by atoms with Gasteiger partial charge in [-0.25, -0.2) is 4.39 Å². The smallest absolute Gasteiger partial charge is 0.406 e. The zero-order chi connectivity index (χ0) is 22.8. The van der Waals surface area contributed by atoms with Gasteiger partial charge in [0.2, 0.25) is 0 Å². The lowest BCUT2D eigenvalue weighted by Gasteiger charge is -2.18. The number of alkyl halides is 3. The van der Waals surface area contributed by atoms with Crippen molar-refractivity contribution >= 4 is 11.9 Å². The van der Waals surface area contributed by atoms with Gasteiger partial charge in [-0.05, 0) is 62.2 Å². The molecule has 0 spiro atoms. The van der Waals surface area contributed by atoms with E-state index in [4.69, 9.17) is 0 Å². The molecule has 0 radical (unpaired) electrons. The first-order valence-electron chi connectivity index (χ1n) is 9.50. The van der Waals surface area contributed by atoms with Crippen LogP contribution >= 0.6 is 0 Å². The molecule has 0 bridgehead atoms. The molecule has 164 valence electrons. The van der Waals surface area contributed by atoms with Crippen molar-refractivity contribution in [3.8, 4) is 5.75 Å². The lowest BCUT2D eigenvalue weighted by atomic mass is 9.96. The molecule has 0 atom stereocenters. The molecule has 2 aromatic carbocycles. The van der Waals surface area contributed by atoms with Crippen molar-refractivity contribution in [3.63, 3.8) is 0 Å². The fraction of sp³-hybridized carbons (Fsp3) is 0.261. The largest absolute Gasteiger partial charge is 0.573 e. The number of ether oxygens (including phenoxy) is 1. The van der Waals surface area contributed by atoms with E-state index in [-0.39, 0.29) is 5.56 Å². The minimum Gasteiger partial charge on any atom is -0.406 e. The van der Waals surface area contributed by atoms with Crippen molar-refractivity contribution in [3.05, 3.63) is 82.7 Å². The molecule has 8 heteroatoms. The number of nitrogens with zero attached hydrogens (tertiary/aromatic N) is 2. The number of aliphatic hydroxyl groups is 1. The third kappa shape index (κ3) is 6.18. The molecular formula is C23H22F4N2O2. The van der Waals surface area contributed by atoms with Gasteiger partial charge in [0.1, 0.15) is 11.6 Å². The molecule has 1 N–H and O–H groups in total. The van der Waals surface area contributed by atoms with Crippen LogP contribution in [0.3, 0.4) is 0 Å². The fourth-order valence-electron chi connectivity index (χ4n) is 3.02. The van der Waals surface area contributed by atoms with E-state index in [0.29, 0.717) is 12.2 Å². The highest BCUT2D eigenvalue weighted by Crippen LogP contribution is 2.26. The second-order valence-electron chi connectivity index (χ2n) is 7.69. The summed E-state index contributed by atoms with van der Waals surface area (Å²) in [5, 5.41) is 14.6. The normalized spacial score (nSPS) is 12.8. The summed E-state index contributed by atoms with van der Waals surface area (Å²) in [7, 11) is 0. The van der Waals surface area contributed by atoms with Crippen LogP contribution in [0.25, 0.3) is 11.9 Å². The van der Waals surface area contributed by atoms with E-state index in [1.165, 1.54) is 18.2 Å². The van der Waals surface area contributed by atoms with E-state index in [1.54, 1.807) is 24.6 Å². The van der Waals surface area contributed by atoms with Crippen molar-refractivity contribution in [2.24, 2.45) is 0 Å². The number of halogens is 4. The fourth-order valence-corrected chi connectivity index (χ4v) is 3.02. The summed E-state index contributed by atoms with van der Waals surface area (Å²) in [5.41, 5.74) is 2.04. The highest BCUT2D eigenvalue weighted by atomic mass is 19.4. The minimum atomic E-state index is -4.80. The Hall–Kier alpha value is -3.13. The van der Waals surface area contributed by atoms with Crippen LogP contribution in [0.1, 0.15) is 41.9 Å². The molecule has 0 amide bonds. The van der Waals surface area contributed by atoms with Gasteiger partial charge in [-0.1, -0.05) is 24.3 Å². The summed E-state index contributed by atoms with van der Waals surface area (Å²) in [6, 6.07) is 13.7. The molecule has 3 aromatic rings. The first-order chi connectivity index (χ1) is 14.4. The highest BCUT2D eigenvalue weighted by Gasteiger charge is 2.31. The van der Waals surface area contributed by atoms with Gasteiger partial charge in [0.05, 0.1) is 17.8 Å². The third-order valence-corrected chi connectivity index (χ3v) is 4.60. The maximum atomic E-state index is 14.6. The second-order valence-corrected chi connectivity index (χ2v) is 7.69. The Balaban J connectivity index is 1.77. The number of aryl methyl sites for hydroxylation is 1. The highest BCUT2D eigenvalue weighted by molar-refractivity contribution is 5.75. The van der Waals surface area contributed by atoms with Gasteiger partial charge >= 0.3 is 6.36 Å². The lowest BCUT2D eigenvalue weighted by Crippen LogP contribution is -2.16. The molecule has 31 heavy (non-hydrogen) atoms. The van der Waals surface area contributed by atoms with Crippen LogP contribution in [0.4, 0.5) is 17.6 Å². The summed E-state index contributed by atoms with van der Waals surface area (Å²) in [6.45, 7) is 5.69. The summed E-state index contributed by atoms with van der Waals surface area (Å²) in [5.74, 6) is -1.05. The van der Waals surface area contributed by atoms with E-state index in [0.717, 1.165) is 29.0 Å². The molecule has 0 aliphatic heterocycles. The van der Waals surface area contributed by atoms with E-state index in [9.17, 15) is 22.7 Å². The molecule has 3 rings (SSSR count). The number of rotatable bonds is 6. The average molecular weight is 434 g/mol. The number of benzene rings is 2. The molecule has 0 aliphatic rings. The summed E-state index contributed by atoms with van der Waals surface area (Å²) in [6.07, 6.45) is -3.58. The van der Waals surface area contributed by atoms with Gasteiger partial charge in [-0.3, -0.25) is 4.68 Å². The number of hydrogen-bond acceptors (Lipinski definition) is 3. The van der Waals surface area contributed by atoms with Gasteiger partial charge < -0.3 is 9.84 Å². The van der Waals surface area contributed by atoms with Crippen LogP contribution < -0.4 is 4.74 Å². The Labute approximate surface area is 177 Å². The van der Waals surface area contributed by atoms with Crippen molar-refractivity contribution < 1.29 is 27.4 Å². The van der Waals surface area contributed by atoms with Crippen LogP contribution in [0.2, 0.25) is 0 Å². The summed E-state index contributed by atoms with van der Waals surface area (Å²) >= 11 is 0. The van der Waals surface area contributed by atoms with E-state index < -0.39 is 23.5 Å². The molecule has 1 aromatic heterocycles. The Morgan fingerprint density at radius 3 is 2.39 bits per heavy atom. The minimum absolute atomic E-state index is 0.111. The van der Waals surface area contributed by atoms with Gasteiger partial charge in [0.25, 0.3) is 0 Å². The van der Waals surface area contributed by atoms with E-state index in [1.807, 2.05) is 31.2 Å². The lowest BCUT2D eigenvalue weighted by molar-refractivity contribution is -0.274. The Bertz CT molecular complexity index is 1080. The number of aromatic nitrogens is 2. The van der Waals surface area contributed by atoms with Gasteiger partial charge in [0, 0.05) is 17.3 Å². The SMILES string of the molecule is Cc1cc(/C=C(\F)c2ccc(OC(F)(F)F)cc2)nn1Cc1cccc(C(C)(C)O)c1. The molecule has 0 aliphatic carbocycles. The average Bonchev–Trinajstić information content (AvgIpc) is 2.99. The quantitative estimate of drug-likeness (QED) is 0.497. The van der Waals surface area contributed by atoms with Crippen LogP contribution in [-0.2, 0) is 12.1 Å². The topological polar surface area (TPSA) is 47.3 Å². The Kier molecular flexibility index (Phi) is 6.22. The first-order valence-corrected chi connectivity index (χ1v) is 9.50. The molecule has 0 saturated heterocycles. The van der Waals surface area contributed by atoms with Crippen molar-refractivity contribution in [1.29, 1.82) is 0 Å². The number of hydrogen-bond donors (Lipinski definition) is 1. The van der Waals surface area contributed by atoms with Crippen molar-refractivity contribution in [2.45, 2.75) is 39.3 Å². The van der Waals surface area contributed by atoms with Crippen molar-refractivity contribution in [2.75, 3.05) is 0 Å². The standard InChI is InChI=1S/C23H22F4N2O2/c1-15-11-19(13-21(24)17-7-9-20(10-8-17)31-23(25,26)27)28-29(15)14-16-5-4-6-18(12-16)22(2,3)30/h4-13,30H,14H2,1-3H3/b21-13-. The zero-order valence-corrected chi connectivity index (χ0v) is 17.2. The first kappa shape index (κ1) is 22.6. The van der Waals surface area contributed by atoms with Crippen LogP contribution in [-0.4, -0.2) is 21.2 Å². The molecule has 0 unspecified atom stereocenters. The monoisotopic (exact) mass is 434 g/mol. The molecule has 4 nitrogen and oxygen atoms in total. The molecular weight excluding hydrogens is 412 g/mol.